The molecule has 0 radical (unpaired) electrons. The molecule has 0 unspecified atom stereocenters. The molecule has 16 atom stereocenters. The minimum Gasteiger partial charge on any atom is -0.460 e. The molecule has 7 heterocycles. The number of Topliss-reactive ketones (excluding diaryl/α,β-unsaturated/α-hetero) is 2. The lowest BCUT2D eigenvalue weighted by molar-refractivity contribution is -0.265. The number of benzene rings is 1. The molecule has 1 saturated carbocycles. The first-order valence-corrected chi connectivity index (χ1v) is 41.7. The van der Waals surface area contributed by atoms with E-state index in [-0.39, 0.29) is 73.5 Å². The quantitative estimate of drug-likeness (QED) is 0.00828. The van der Waals surface area contributed by atoms with Gasteiger partial charge < -0.3 is 93.0 Å². The normalized spacial score (nSPS) is 28.8. The molecule has 1 amide bonds. The van der Waals surface area contributed by atoms with Crippen molar-refractivity contribution in [3.63, 3.8) is 0 Å². The molecule has 0 spiro atoms. The fourth-order valence-corrected chi connectivity index (χ4v) is 16.1. The van der Waals surface area contributed by atoms with Crippen molar-refractivity contribution in [1.29, 1.82) is 0 Å². The summed E-state index contributed by atoms with van der Waals surface area (Å²) in [5.41, 5.74) is 17.8. The molecule has 4 aromatic heterocycles. The Hall–Kier alpha value is -7.83. The Labute approximate surface area is 687 Å². The van der Waals surface area contributed by atoms with Crippen molar-refractivity contribution in [2.24, 2.45) is 40.7 Å². The zero-order valence-corrected chi connectivity index (χ0v) is 70.3. The van der Waals surface area contributed by atoms with E-state index in [9.17, 15) is 34.5 Å². The number of aliphatic hydroxyl groups is 3. The molecule has 4 aliphatic rings. The zero-order valence-electron chi connectivity index (χ0n) is 70.3. The van der Waals surface area contributed by atoms with Crippen LogP contribution in [0.1, 0.15) is 163 Å². The standard InChI is InChI=1S/C85H128N12O20/c1-54-20-14-12-15-21-55(2)70(105-8)49-65-27-24-60(7)85(104,117-65)79(101)82(102)96-31-19-17-23-67(96)83(103)115-72(57(4)46-61-25-28-68(99)73(47-61)107-10)50-71(106-9)56(3)45-59(6)77(100)78(108-11)75(58(5)44-54)93-114-52-63-51-95(94-91-63)33-35-110-37-39-112-41-43-113-42-40-111-38-36-109-34-30-64(98)22-16-13-18-32-97-81-74(80(86)88-53-89-81)76(92-97)62-26-29-69-66(48-62)90-84(87)116-69/h12,14-15,20-21,26,29,45,48,51,53-54,56-58,60-61,65,67-68,70-73,77-78,99-100,104H,13,16-19,22-25,27-28,30-44,46-47,49-50,52H2,1-11H3,(H2,87,90)(H2,86,88,89)/b15-12+,20-14+,55-21+,59-45+,93-75?/t54-,56-,57-,58-,60-,61+,65+,67+,68-,70+,71-,72+,73-,77-,78+,85-/m1/s1. The predicted molar refractivity (Wildman–Crippen MR) is 438 cm³/mol. The number of nitrogen functional groups attached to an aromatic ring is 2. The molecule has 2 saturated heterocycles. The number of methoxy groups -OCH3 is 4. The van der Waals surface area contributed by atoms with E-state index >= 15 is 0 Å². The van der Waals surface area contributed by atoms with Gasteiger partial charge in [-0.25, -0.2) is 24.1 Å². The van der Waals surface area contributed by atoms with Gasteiger partial charge in [-0.3, -0.25) is 14.4 Å². The van der Waals surface area contributed by atoms with E-state index < -0.39 is 78.1 Å². The molecule has 3 fully saturated rings. The van der Waals surface area contributed by atoms with Crippen molar-refractivity contribution < 1.29 is 95.9 Å². The lowest BCUT2D eigenvalue weighted by atomic mass is 9.78. The Balaban J connectivity index is 0.716. The number of carbonyl (C=O) groups excluding carboxylic acids is 4. The number of nitrogens with two attached hydrogens (primary N) is 2. The van der Waals surface area contributed by atoms with Gasteiger partial charge in [0, 0.05) is 90.5 Å². The highest BCUT2D eigenvalue weighted by atomic mass is 16.6. The summed E-state index contributed by atoms with van der Waals surface area (Å²) >= 11 is 0. The number of ether oxygens (including phenoxy) is 11. The molecule has 117 heavy (non-hydrogen) atoms. The summed E-state index contributed by atoms with van der Waals surface area (Å²) in [5, 5.41) is 54.2. The Bertz CT molecular complexity index is 4090. The SMILES string of the molecule is CO[C@H]1C[C@@H]2CC[C@@H](C)[C@@](O)(O2)C(=O)C(=O)N2CCCC[C@H]2C(=O)O[C@H]([C@H](C)C[C@@H]2CC[C@@H](O)[C@H](OC)C2)C[C@@H](OC)[C@H](C)/C=C(\C)[C@@H](O)[C@@H](OC)C(=NOCc2cn(CCOCCOCCOCCOCCOCCC(=O)CCCCCn3nc(-c4ccc5oc(N)nc5c4)c4c(N)ncnc43)nn2)[C@H](C)C[C@H](C)/C=C/C=C/C=C/1C. The van der Waals surface area contributed by atoms with E-state index in [0.29, 0.717) is 200 Å². The van der Waals surface area contributed by atoms with Crippen LogP contribution in [0.15, 0.2) is 87.9 Å². The van der Waals surface area contributed by atoms with Crippen LogP contribution in [-0.2, 0) is 95.8 Å². The van der Waals surface area contributed by atoms with Gasteiger partial charge >= 0.3 is 5.97 Å². The number of allylic oxidation sites excluding steroid dienone is 5. The second-order valence-corrected chi connectivity index (χ2v) is 31.8. The molecule has 3 aliphatic heterocycles. The third kappa shape index (κ3) is 27.1. The number of nitrogens with zero attached hydrogens (tertiary/aromatic N) is 10. The first kappa shape index (κ1) is 93.0. The number of unbranched alkanes of at least 4 members (excludes halogenated alkanes) is 2. The molecule has 2 bridgehead atoms. The number of anilines is 2. The largest absolute Gasteiger partial charge is 0.460 e. The average Bonchev–Trinajstić information content (AvgIpc) is 1.70. The van der Waals surface area contributed by atoms with Gasteiger partial charge in [-0.05, 0) is 138 Å². The number of aliphatic hydroxyl groups excluding tert-OH is 2. The number of carbonyl (C=O) groups is 4. The van der Waals surface area contributed by atoms with Crippen LogP contribution in [0, 0.1) is 35.5 Å². The van der Waals surface area contributed by atoms with Crippen molar-refractivity contribution in [2.75, 3.05) is 113 Å². The van der Waals surface area contributed by atoms with E-state index in [1.807, 2.05) is 81.8 Å². The highest BCUT2D eigenvalue weighted by Crippen LogP contribution is 2.40. The summed E-state index contributed by atoms with van der Waals surface area (Å²) in [5.74, 6) is -6.14. The van der Waals surface area contributed by atoms with Gasteiger partial charge in [0.2, 0.25) is 5.79 Å². The molecule has 9 rings (SSSR count). The summed E-state index contributed by atoms with van der Waals surface area (Å²) in [6.07, 6.45) is 18.8. The summed E-state index contributed by atoms with van der Waals surface area (Å²) in [4.78, 5) is 76.8. The van der Waals surface area contributed by atoms with Gasteiger partial charge in [-0.2, -0.15) is 10.1 Å². The molecule has 1 aromatic carbocycles. The molecule has 648 valence electrons. The number of aryl methyl sites for hydroxylation is 1. The van der Waals surface area contributed by atoms with Gasteiger partial charge in [-0.15, -0.1) is 5.10 Å². The average molecular weight is 1640 g/mol. The van der Waals surface area contributed by atoms with E-state index in [1.165, 1.54) is 18.3 Å². The maximum absolute atomic E-state index is 14.9. The topological polar surface area (TPSA) is 408 Å². The highest BCUT2D eigenvalue weighted by Gasteiger charge is 2.53. The van der Waals surface area contributed by atoms with E-state index in [4.69, 9.17) is 83.1 Å². The van der Waals surface area contributed by atoms with Crippen molar-refractivity contribution in [3.05, 3.63) is 84.0 Å². The number of oxime groups is 1. The minimum atomic E-state index is -2.44. The number of hydrogen-bond donors (Lipinski definition) is 5. The number of ketones is 2. The summed E-state index contributed by atoms with van der Waals surface area (Å²) < 4.78 is 74.3. The van der Waals surface area contributed by atoms with Gasteiger partial charge in [0.1, 0.15) is 59.2 Å². The Kier molecular flexibility index (Phi) is 37.6. The Morgan fingerprint density at radius 2 is 1.49 bits per heavy atom. The molecular formula is C85H128N12O20. The predicted octanol–water partition coefficient (Wildman–Crippen LogP) is 9.64. The second-order valence-electron chi connectivity index (χ2n) is 31.8. The number of piperidine rings is 1. The van der Waals surface area contributed by atoms with Crippen LogP contribution in [-0.4, -0.2) is 251 Å². The number of aromatic nitrogens is 8. The molecule has 7 N–H and O–H groups in total. The fraction of sp³-hybridized carbons (Fsp3) is 0.682. The van der Waals surface area contributed by atoms with Gasteiger partial charge in [0.25, 0.3) is 17.7 Å². The van der Waals surface area contributed by atoms with Crippen molar-refractivity contribution in [2.45, 2.75) is 238 Å². The number of esters is 1. The van der Waals surface area contributed by atoms with Gasteiger partial charge in [0.05, 0.1) is 120 Å². The minimum absolute atomic E-state index is 0.0218. The monoisotopic (exact) mass is 1640 g/mol. The maximum Gasteiger partial charge on any atom is 0.329 e. The van der Waals surface area contributed by atoms with E-state index in [1.54, 1.807) is 45.2 Å². The summed E-state index contributed by atoms with van der Waals surface area (Å²) in [6.45, 7) is 18.4. The smallest absolute Gasteiger partial charge is 0.329 e. The van der Waals surface area contributed by atoms with Crippen LogP contribution < -0.4 is 11.5 Å². The number of hydrogen-bond acceptors (Lipinski definition) is 29. The van der Waals surface area contributed by atoms with E-state index in [2.05, 4.69) is 38.3 Å². The van der Waals surface area contributed by atoms with Crippen molar-refractivity contribution >= 4 is 63.1 Å². The summed E-state index contributed by atoms with van der Waals surface area (Å²) in [6, 6.07) is 4.49. The zero-order chi connectivity index (χ0) is 84.0. The lowest BCUT2D eigenvalue weighted by Gasteiger charge is -2.43. The number of amides is 1. The second kappa shape index (κ2) is 47.2. The van der Waals surface area contributed by atoms with Crippen molar-refractivity contribution in [3.8, 4) is 11.3 Å². The molecule has 32 heteroatoms. The first-order chi connectivity index (χ1) is 56.4. The maximum atomic E-state index is 14.9. The van der Waals surface area contributed by atoms with Crippen LogP contribution in [0.25, 0.3) is 33.4 Å². The van der Waals surface area contributed by atoms with E-state index in [0.717, 1.165) is 36.8 Å². The Morgan fingerprint density at radius 3 is 2.21 bits per heavy atom. The first-order valence-electron chi connectivity index (χ1n) is 41.7. The van der Waals surface area contributed by atoms with Crippen molar-refractivity contribution in [1.82, 2.24) is 44.6 Å². The van der Waals surface area contributed by atoms with Crippen LogP contribution in [0.5, 0.6) is 0 Å². The Morgan fingerprint density at radius 1 is 0.761 bits per heavy atom. The highest BCUT2D eigenvalue weighted by molar-refractivity contribution is 6.39. The van der Waals surface area contributed by atoms with Crippen LogP contribution in [0.4, 0.5) is 11.8 Å². The molecular weight excluding hydrogens is 1510 g/mol. The van der Waals surface area contributed by atoms with Gasteiger partial charge in [0.15, 0.2) is 17.8 Å². The third-order valence-corrected chi connectivity index (χ3v) is 23.0. The third-order valence-electron chi connectivity index (χ3n) is 23.0. The number of fused-ring (bicyclic) bond motifs is 5. The molecule has 1 aliphatic carbocycles. The van der Waals surface area contributed by atoms with Gasteiger partial charge in [-0.1, -0.05) is 87.9 Å². The molecule has 5 aromatic rings. The fourth-order valence-electron chi connectivity index (χ4n) is 16.1. The van der Waals surface area contributed by atoms with Crippen LogP contribution in [0.2, 0.25) is 0 Å². The number of oxazole rings is 1. The molecule has 32 nitrogen and oxygen atoms in total. The lowest BCUT2D eigenvalue weighted by Crippen LogP contribution is -2.61. The van der Waals surface area contributed by atoms with Crippen LogP contribution in [0.3, 0.4) is 0 Å². The van der Waals surface area contributed by atoms with Crippen LogP contribution >= 0.6 is 0 Å². The summed E-state index contributed by atoms with van der Waals surface area (Å²) in [7, 11) is 6.32. The number of rotatable bonds is 35. The number of cyclic esters (lactones) is 1.